The molecular weight excluding hydrogens is 244 g/mol. The number of nitrogens with zero attached hydrogens (tertiary/aromatic N) is 4. The Morgan fingerprint density at radius 1 is 1.32 bits per heavy atom. The second kappa shape index (κ2) is 4.27. The number of amides is 1. The number of rotatable bonds is 2. The minimum atomic E-state index is -0.477. The second-order valence-corrected chi connectivity index (χ2v) is 4.50. The number of primary amides is 1. The Kier molecular flexibility index (Phi) is 2.59. The molecule has 3 rings (SSSR count). The number of benzene rings is 1. The molecule has 0 unspecified atom stereocenters. The van der Waals surface area contributed by atoms with E-state index in [2.05, 4.69) is 15.1 Å². The van der Waals surface area contributed by atoms with Gasteiger partial charge < -0.3 is 20.9 Å². The molecule has 0 atom stereocenters. The van der Waals surface area contributed by atoms with Crippen LogP contribution in [0.3, 0.4) is 0 Å². The molecule has 1 aromatic carbocycles. The van der Waals surface area contributed by atoms with Gasteiger partial charge in [-0.3, -0.25) is 4.79 Å². The summed E-state index contributed by atoms with van der Waals surface area (Å²) in [6.45, 7) is 2.16. The Labute approximate surface area is 109 Å². The minimum absolute atomic E-state index is 0.438. The van der Waals surface area contributed by atoms with Gasteiger partial charge in [0.25, 0.3) is 5.91 Å². The average Bonchev–Trinajstić information content (AvgIpc) is 2.85. The standard InChI is InChI=1S/C12H14N6O/c13-8-1-2-10(9(5-8)12(14)19)17-3-4-18-7-15-16-11(18)6-17/h1-2,5,7H,3-4,6,13H2,(H2,14,19). The minimum Gasteiger partial charge on any atom is -0.399 e. The predicted octanol–water partition coefficient (Wildman–Crippen LogP) is -0.0206. The molecule has 0 saturated carbocycles. The van der Waals surface area contributed by atoms with Gasteiger partial charge in [0, 0.05) is 18.8 Å². The number of fused-ring (bicyclic) bond motifs is 1. The van der Waals surface area contributed by atoms with Crippen LogP contribution in [-0.2, 0) is 13.1 Å². The van der Waals surface area contributed by atoms with Crippen LogP contribution in [0, 0.1) is 0 Å². The fourth-order valence-corrected chi connectivity index (χ4v) is 2.30. The molecule has 2 aromatic rings. The van der Waals surface area contributed by atoms with Crippen LogP contribution in [-0.4, -0.2) is 27.2 Å². The van der Waals surface area contributed by atoms with Gasteiger partial charge in [0.1, 0.15) is 6.33 Å². The monoisotopic (exact) mass is 258 g/mol. The number of nitrogens with two attached hydrogens (primary N) is 2. The predicted molar refractivity (Wildman–Crippen MR) is 70.4 cm³/mol. The van der Waals surface area contributed by atoms with Gasteiger partial charge in [0.2, 0.25) is 0 Å². The maximum Gasteiger partial charge on any atom is 0.250 e. The third-order valence-electron chi connectivity index (χ3n) is 3.27. The Hall–Kier alpha value is -2.57. The number of aromatic nitrogens is 3. The average molecular weight is 258 g/mol. The van der Waals surface area contributed by atoms with E-state index in [1.165, 1.54) is 0 Å². The number of carbonyl (C=O) groups is 1. The topological polar surface area (TPSA) is 103 Å². The zero-order valence-electron chi connectivity index (χ0n) is 10.3. The fourth-order valence-electron chi connectivity index (χ4n) is 2.30. The molecule has 0 fully saturated rings. The van der Waals surface area contributed by atoms with E-state index >= 15 is 0 Å². The molecule has 0 spiro atoms. The van der Waals surface area contributed by atoms with Crippen molar-refractivity contribution in [2.45, 2.75) is 13.1 Å². The zero-order valence-corrected chi connectivity index (χ0v) is 10.3. The first-order valence-corrected chi connectivity index (χ1v) is 5.96. The van der Waals surface area contributed by atoms with Crippen molar-refractivity contribution >= 4 is 17.3 Å². The van der Waals surface area contributed by atoms with E-state index in [0.29, 0.717) is 17.8 Å². The highest BCUT2D eigenvalue weighted by atomic mass is 16.1. The van der Waals surface area contributed by atoms with Crippen molar-refractivity contribution in [2.24, 2.45) is 5.73 Å². The molecule has 19 heavy (non-hydrogen) atoms. The van der Waals surface area contributed by atoms with Crippen molar-refractivity contribution in [3.8, 4) is 0 Å². The summed E-state index contributed by atoms with van der Waals surface area (Å²) >= 11 is 0. The third kappa shape index (κ3) is 1.99. The largest absolute Gasteiger partial charge is 0.399 e. The summed E-state index contributed by atoms with van der Waals surface area (Å²) in [5.41, 5.74) is 12.9. The lowest BCUT2D eigenvalue weighted by atomic mass is 10.1. The quantitative estimate of drug-likeness (QED) is 0.737. The first-order valence-electron chi connectivity index (χ1n) is 5.96. The van der Waals surface area contributed by atoms with Crippen LogP contribution < -0.4 is 16.4 Å². The summed E-state index contributed by atoms with van der Waals surface area (Å²) in [6.07, 6.45) is 1.71. The van der Waals surface area contributed by atoms with Crippen LogP contribution in [0.5, 0.6) is 0 Å². The number of carbonyl (C=O) groups excluding carboxylic acids is 1. The van der Waals surface area contributed by atoms with E-state index in [9.17, 15) is 4.79 Å². The van der Waals surface area contributed by atoms with Crippen LogP contribution in [0.2, 0.25) is 0 Å². The summed E-state index contributed by atoms with van der Waals surface area (Å²) in [5.74, 6) is 0.396. The molecule has 0 bridgehead atoms. The van der Waals surface area contributed by atoms with Crippen LogP contribution >= 0.6 is 0 Å². The Morgan fingerprint density at radius 3 is 2.95 bits per heavy atom. The van der Waals surface area contributed by atoms with E-state index in [0.717, 1.165) is 24.6 Å². The van der Waals surface area contributed by atoms with Gasteiger partial charge >= 0.3 is 0 Å². The third-order valence-corrected chi connectivity index (χ3v) is 3.27. The van der Waals surface area contributed by atoms with Crippen molar-refractivity contribution in [1.29, 1.82) is 0 Å². The summed E-state index contributed by atoms with van der Waals surface area (Å²) in [4.78, 5) is 13.6. The highest BCUT2D eigenvalue weighted by molar-refractivity contribution is 5.99. The van der Waals surface area contributed by atoms with Gasteiger partial charge in [-0.15, -0.1) is 10.2 Å². The summed E-state index contributed by atoms with van der Waals surface area (Å²) in [7, 11) is 0. The summed E-state index contributed by atoms with van der Waals surface area (Å²) < 4.78 is 2.00. The molecule has 1 aliphatic rings. The van der Waals surface area contributed by atoms with E-state index in [4.69, 9.17) is 11.5 Å². The number of hydrogen-bond acceptors (Lipinski definition) is 5. The molecule has 1 aromatic heterocycles. The molecule has 7 heteroatoms. The van der Waals surface area contributed by atoms with Gasteiger partial charge in [-0.1, -0.05) is 0 Å². The Balaban J connectivity index is 1.98. The van der Waals surface area contributed by atoms with E-state index in [-0.39, 0.29) is 0 Å². The molecule has 98 valence electrons. The first kappa shape index (κ1) is 11.5. The Bertz CT molecular complexity index is 635. The molecule has 0 aliphatic carbocycles. The molecule has 2 heterocycles. The first-order chi connectivity index (χ1) is 9.15. The number of hydrogen-bond donors (Lipinski definition) is 2. The molecular formula is C12H14N6O. The van der Waals surface area contributed by atoms with Crippen molar-refractivity contribution < 1.29 is 4.79 Å². The van der Waals surface area contributed by atoms with Gasteiger partial charge in [-0.05, 0) is 18.2 Å². The van der Waals surface area contributed by atoms with Crippen molar-refractivity contribution in [2.75, 3.05) is 17.2 Å². The maximum atomic E-state index is 11.5. The number of anilines is 2. The van der Waals surface area contributed by atoms with Crippen molar-refractivity contribution in [3.63, 3.8) is 0 Å². The normalized spacial score (nSPS) is 14.2. The van der Waals surface area contributed by atoms with Crippen molar-refractivity contribution in [3.05, 3.63) is 35.9 Å². The summed E-state index contributed by atoms with van der Waals surface area (Å²) in [6, 6.07) is 5.19. The molecule has 7 nitrogen and oxygen atoms in total. The lowest BCUT2D eigenvalue weighted by Gasteiger charge is -2.30. The van der Waals surface area contributed by atoms with Gasteiger partial charge in [-0.2, -0.15) is 0 Å². The Morgan fingerprint density at radius 2 is 2.16 bits per heavy atom. The van der Waals surface area contributed by atoms with E-state index < -0.39 is 5.91 Å². The smallest absolute Gasteiger partial charge is 0.250 e. The van der Waals surface area contributed by atoms with Crippen LogP contribution in [0.15, 0.2) is 24.5 Å². The van der Waals surface area contributed by atoms with E-state index in [1.807, 2.05) is 10.6 Å². The van der Waals surface area contributed by atoms with Crippen molar-refractivity contribution in [1.82, 2.24) is 14.8 Å². The van der Waals surface area contributed by atoms with Crippen LogP contribution in [0.1, 0.15) is 16.2 Å². The highest BCUT2D eigenvalue weighted by Crippen LogP contribution is 2.25. The highest BCUT2D eigenvalue weighted by Gasteiger charge is 2.21. The summed E-state index contributed by atoms with van der Waals surface area (Å²) in [5, 5.41) is 7.93. The van der Waals surface area contributed by atoms with Crippen LogP contribution in [0.25, 0.3) is 0 Å². The van der Waals surface area contributed by atoms with Gasteiger partial charge in [-0.25, -0.2) is 0 Å². The molecule has 1 amide bonds. The fraction of sp³-hybridized carbons (Fsp3) is 0.250. The molecule has 4 N–H and O–H groups in total. The number of nitrogen functional groups attached to an aromatic ring is 1. The SMILES string of the molecule is NC(=O)c1cc(N)ccc1N1CCn2cnnc2C1. The molecule has 0 saturated heterocycles. The molecule has 1 aliphatic heterocycles. The van der Waals surface area contributed by atoms with E-state index in [1.54, 1.807) is 18.5 Å². The lowest BCUT2D eigenvalue weighted by molar-refractivity contribution is 0.100. The second-order valence-electron chi connectivity index (χ2n) is 4.50. The molecule has 0 radical (unpaired) electrons. The van der Waals surface area contributed by atoms with Gasteiger partial charge in [0.05, 0.1) is 17.8 Å². The van der Waals surface area contributed by atoms with Crippen LogP contribution in [0.4, 0.5) is 11.4 Å². The van der Waals surface area contributed by atoms with Gasteiger partial charge in [0.15, 0.2) is 5.82 Å². The zero-order chi connectivity index (χ0) is 13.4. The maximum absolute atomic E-state index is 11.5. The lowest BCUT2D eigenvalue weighted by Crippen LogP contribution is -2.35.